The third-order valence-electron chi connectivity index (χ3n) is 4.31. The second-order valence-corrected chi connectivity index (χ2v) is 6.26. The van der Waals surface area contributed by atoms with E-state index < -0.39 is 0 Å². The van der Waals surface area contributed by atoms with Gasteiger partial charge in [0, 0.05) is 39.1 Å². The highest BCUT2D eigenvalue weighted by Crippen LogP contribution is 2.08. The van der Waals surface area contributed by atoms with E-state index in [1.54, 1.807) is 13.2 Å². The van der Waals surface area contributed by atoms with Gasteiger partial charge in [0.15, 0.2) is 5.96 Å². The predicted octanol–water partition coefficient (Wildman–Crippen LogP) is 3.72. The number of nitrogens with one attached hydrogen (secondary N) is 2. The lowest BCUT2D eigenvalue weighted by Crippen LogP contribution is -2.36. The smallest absolute Gasteiger partial charge is 0.191 e. The molecule has 6 heteroatoms. The molecule has 0 radical (unpaired) electrons. The predicted molar refractivity (Wildman–Crippen MR) is 121 cm³/mol. The summed E-state index contributed by atoms with van der Waals surface area (Å²) in [5.74, 6) is 0.799. The van der Waals surface area contributed by atoms with Crippen LogP contribution in [0.4, 0.5) is 0 Å². The molecular formula is C21H26IN5. The molecular weight excluding hydrogens is 449 g/mol. The van der Waals surface area contributed by atoms with E-state index >= 15 is 0 Å². The number of aromatic nitrogens is 2. The fourth-order valence-electron chi connectivity index (χ4n) is 2.82. The van der Waals surface area contributed by atoms with Gasteiger partial charge in [-0.05, 0) is 29.2 Å². The number of rotatable bonds is 6. The van der Waals surface area contributed by atoms with Crippen molar-refractivity contribution in [2.75, 3.05) is 7.05 Å². The molecule has 3 rings (SSSR count). The molecule has 2 aromatic carbocycles. The molecule has 1 aromatic heterocycles. The molecule has 2 N–H and O–H groups in total. The van der Waals surface area contributed by atoms with E-state index in [9.17, 15) is 0 Å². The van der Waals surface area contributed by atoms with Crippen molar-refractivity contribution in [2.45, 2.75) is 26.6 Å². The summed E-state index contributed by atoms with van der Waals surface area (Å²) in [5.41, 5.74) is 5.03. The molecule has 0 spiro atoms. The fraction of sp³-hybridized carbons (Fsp3) is 0.238. The Kier molecular flexibility index (Phi) is 8.32. The fourth-order valence-corrected chi connectivity index (χ4v) is 2.82. The summed E-state index contributed by atoms with van der Waals surface area (Å²) in [7, 11) is 1.79. The zero-order valence-corrected chi connectivity index (χ0v) is 18.1. The van der Waals surface area contributed by atoms with Crippen molar-refractivity contribution < 1.29 is 0 Å². The third kappa shape index (κ3) is 6.39. The molecule has 142 valence electrons. The van der Waals surface area contributed by atoms with Gasteiger partial charge in [0.2, 0.25) is 0 Å². The number of nitrogens with zero attached hydrogens (tertiary/aromatic N) is 3. The SMILES string of the molecule is CN=C(NCc1cccc(Cn2ccnc2)c1)NCc1ccccc1C.I. The Hall–Kier alpha value is -2.35. The van der Waals surface area contributed by atoms with Crippen molar-refractivity contribution in [1.29, 1.82) is 0 Å². The van der Waals surface area contributed by atoms with Crippen LogP contribution in [-0.4, -0.2) is 22.6 Å². The summed E-state index contributed by atoms with van der Waals surface area (Å²) in [4.78, 5) is 8.40. The van der Waals surface area contributed by atoms with Crippen LogP contribution in [0.5, 0.6) is 0 Å². The zero-order valence-electron chi connectivity index (χ0n) is 15.7. The highest BCUT2D eigenvalue weighted by atomic mass is 127. The van der Waals surface area contributed by atoms with E-state index in [1.807, 2.05) is 12.5 Å². The first-order valence-corrected chi connectivity index (χ1v) is 8.77. The van der Waals surface area contributed by atoms with Crippen LogP contribution in [0, 0.1) is 6.92 Å². The zero-order chi connectivity index (χ0) is 18.2. The molecule has 0 saturated carbocycles. The number of guanidine groups is 1. The summed E-state index contributed by atoms with van der Waals surface area (Å²) in [6.45, 7) is 4.44. The minimum absolute atomic E-state index is 0. The highest BCUT2D eigenvalue weighted by Gasteiger charge is 2.02. The molecule has 27 heavy (non-hydrogen) atoms. The molecule has 0 bridgehead atoms. The van der Waals surface area contributed by atoms with E-state index in [0.29, 0.717) is 0 Å². The van der Waals surface area contributed by atoms with Crippen molar-refractivity contribution in [2.24, 2.45) is 4.99 Å². The Morgan fingerprint density at radius 3 is 2.56 bits per heavy atom. The number of halogens is 1. The summed E-state index contributed by atoms with van der Waals surface area (Å²) in [5, 5.41) is 6.76. The molecule has 0 saturated heterocycles. The molecule has 0 atom stereocenters. The van der Waals surface area contributed by atoms with Gasteiger partial charge in [0.25, 0.3) is 0 Å². The maximum atomic E-state index is 4.31. The maximum absolute atomic E-state index is 4.31. The molecule has 5 nitrogen and oxygen atoms in total. The molecule has 3 aromatic rings. The van der Waals surface area contributed by atoms with Crippen molar-refractivity contribution >= 4 is 29.9 Å². The van der Waals surface area contributed by atoms with Crippen LogP contribution in [0.25, 0.3) is 0 Å². The van der Waals surface area contributed by atoms with Crippen LogP contribution >= 0.6 is 24.0 Å². The van der Waals surface area contributed by atoms with Crippen molar-refractivity contribution in [3.8, 4) is 0 Å². The van der Waals surface area contributed by atoms with E-state index in [0.717, 1.165) is 25.6 Å². The first-order chi connectivity index (χ1) is 12.7. The van der Waals surface area contributed by atoms with Crippen LogP contribution in [-0.2, 0) is 19.6 Å². The molecule has 0 aliphatic carbocycles. The van der Waals surface area contributed by atoms with Gasteiger partial charge in [-0.15, -0.1) is 24.0 Å². The van der Waals surface area contributed by atoms with Gasteiger partial charge in [-0.1, -0.05) is 48.5 Å². The summed E-state index contributed by atoms with van der Waals surface area (Å²) >= 11 is 0. The lowest BCUT2D eigenvalue weighted by molar-refractivity contribution is 0.786. The Morgan fingerprint density at radius 2 is 1.81 bits per heavy atom. The van der Waals surface area contributed by atoms with Crippen LogP contribution in [0.1, 0.15) is 22.3 Å². The Morgan fingerprint density at radius 1 is 1.04 bits per heavy atom. The summed E-state index contributed by atoms with van der Waals surface area (Å²) in [6, 6.07) is 16.9. The molecule has 0 aliphatic rings. The second kappa shape index (κ2) is 10.7. The summed E-state index contributed by atoms with van der Waals surface area (Å²) < 4.78 is 2.06. The number of benzene rings is 2. The number of hydrogen-bond donors (Lipinski definition) is 2. The normalized spacial score (nSPS) is 11.0. The van der Waals surface area contributed by atoms with Gasteiger partial charge in [-0.2, -0.15) is 0 Å². The monoisotopic (exact) mass is 475 g/mol. The average molecular weight is 475 g/mol. The molecule has 0 unspecified atom stereocenters. The van der Waals surface area contributed by atoms with Gasteiger partial charge in [-0.25, -0.2) is 4.98 Å². The molecule has 0 amide bonds. The number of imidazole rings is 1. The van der Waals surface area contributed by atoms with E-state index in [4.69, 9.17) is 0 Å². The van der Waals surface area contributed by atoms with Crippen molar-refractivity contribution in [3.63, 3.8) is 0 Å². The number of aliphatic imine (C=N–C) groups is 1. The van der Waals surface area contributed by atoms with Gasteiger partial charge in [0.1, 0.15) is 0 Å². The molecule has 1 heterocycles. The number of hydrogen-bond acceptors (Lipinski definition) is 2. The van der Waals surface area contributed by atoms with Gasteiger partial charge >= 0.3 is 0 Å². The van der Waals surface area contributed by atoms with E-state index in [2.05, 4.69) is 80.6 Å². The lowest BCUT2D eigenvalue weighted by Gasteiger charge is -2.13. The molecule has 0 fully saturated rings. The van der Waals surface area contributed by atoms with E-state index in [-0.39, 0.29) is 24.0 Å². The Labute approximate surface area is 178 Å². The van der Waals surface area contributed by atoms with Gasteiger partial charge in [0.05, 0.1) is 6.33 Å². The number of aryl methyl sites for hydroxylation is 1. The quantitative estimate of drug-likeness (QED) is 0.325. The Bertz CT molecular complexity index is 859. The van der Waals surface area contributed by atoms with Crippen LogP contribution < -0.4 is 10.6 Å². The summed E-state index contributed by atoms with van der Waals surface area (Å²) in [6.07, 6.45) is 5.61. The topological polar surface area (TPSA) is 54.2 Å². The van der Waals surface area contributed by atoms with Crippen LogP contribution in [0.2, 0.25) is 0 Å². The standard InChI is InChI=1S/C21H25N5.HI/c1-17-6-3-4-9-20(17)14-25-21(22-2)24-13-18-7-5-8-19(12-18)15-26-11-10-23-16-26;/h3-12,16H,13-15H2,1-2H3,(H2,22,24,25);1H. The van der Waals surface area contributed by atoms with Crippen LogP contribution in [0.3, 0.4) is 0 Å². The van der Waals surface area contributed by atoms with Gasteiger partial charge in [-0.3, -0.25) is 4.99 Å². The minimum atomic E-state index is 0. The molecule has 0 aliphatic heterocycles. The lowest BCUT2D eigenvalue weighted by atomic mass is 10.1. The van der Waals surface area contributed by atoms with E-state index in [1.165, 1.54) is 22.3 Å². The highest BCUT2D eigenvalue weighted by molar-refractivity contribution is 14.0. The Balaban J connectivity index is 0.00000261. The largest absolute Gasteiger partial charge is 0.352 e. The van der Waals surface area contributed by atoms with Crippen LogP contribution in [0.15, 0.2) is 72.2 Å². The van der Waals surface area contributed by atoms with Gasteiger partial charge < -0.3 is 15.2 Å². The third-order valence-corrected chi connectivity index (χ3v) is 4.31. The van der Waals surface area contributed by atoms with Crippen molar-refractivity contribution in [3.05, 3.63) is 89.5 Å². The second-order valence-electron chi connectivity index (χ2n) is 6.26. The first kappa shape index (κ1) is 21.0. The average Bonchev–Trinajstić information content (AvgIpc) is 3.16. The first-order valence-electron chi connectivity index (χ1n) is 8.77. The van der Waals surface area contributed by atoms with Crippen molar-refractivity contribution in [1.82, 2.24) is 20.2 Å². The minimum Gasteiger partial charge on any atom is -0.352 e. The maximum Gasteiger partial charge on any atom is 0.191 e.